The molecule has 0 aliphatic carbocycles. The second-order valence-corrected chi connectivity index (χ2v) is 5.09. The fourth-order valence-corrected chi connectivity index (χ4v) is 3.13. The van der Waals surface area contributed by atoms with E-state index in [9.17, 15) is 4.39 Å². The van der Waals surface area contributed by atoms with E-state index in [0.29, 0.717) is 6.04 Å². The Bertz CT molecular complexity index is 326. The average molecular weight is 226 g/mol. The Balaban J connectivity index is 1.95. The summed E-state index contributed by atoms with van der Waals surface area (Å²) in [6.45, 7) is 0.788. The maximum absolute atomic E-state index is 12.9. The topological polar surface area (TPSA) is 16.1 Å². The summed E-state index contributed by atoms with van der Waals surface area (Å²) in [6, 6.07) is 2.20. The fraction of sp³-hybridized carbons (Fsp3) is 0.545. The summed E-state index contributed by atoms with van der Waals surface area (Å²) >= 11 is 1.99. The number of nitrogens with zero attached hydrogens (tertiary/aromatic N) is 2. The highest BCUT2D eigenvalue weighted by molar-refractivity contribution is 7.99. The van der Waals surface area contributed by atoms with Crippen molar-refractivity contribution in [1.82, 2.24) is 9.88 Å². The van der Waals surface area contributed by atoms with Crippen LogP contribution in [-0.2, 0) is 6.54 Å². The Kier molecular flexibility index (Phi) is 3.59. The van der Waals surface area contributed by atoms with E-state index in [1.807, 2.05) is 11.8 Å². The van der Waals surface area contributed by atoms with E-state index < -0.39 is 0 Å². The lowest BCUT2D eigenvalue weighted by molar-refractivity contribution is 0.254. The third kappa shape index (κ3) is 2.92. The van der Waals surface area contributed by atoms with Crippen LogP contribution in [0.15, 0.2) is 18.5 Å². The summed E-state index contributed by atoms with van der Waals surface area (Å²) in [5.74, 6) is 2.19. The second kappa shape index (κ2) is 4.94. The third-order valence-corrected chi connectivity index (χ3v) is 3.87. The zero-order chi connectivity index (χ0) is 10.7. The molecule has 1 aliphatic heterocycles. The summed E-state index contributed by atoms with van der Waals surface area (Å²) in [6.07, 6.45) is 4.22. The zero-order valence-corrected chi connectivity index (χ0v) is 9.63. The SMILES string of the molecule is CN(Cc1cncc(F)c1)C1CCSC1. The Morgan fingerprint density at radius 2 is 2.47 bits per heavy atom. The molecule has 4 heteroatoms. The molecule has 0 bridgehead atoms. The molecule has 0 saturated carbocycles. The van der Waals surface area contributed by atoms with Gasteiger partial charge in [-0.3, -0.25) is 9.88 Å². The van der Waals surface area contributed by atoms with Crippen molar-refractivity contribution >= 4 is 11.8 Å². The van der Waals surface area contributed by atoms with Crippen LogP contribution in [0.1, 0.15) is 12.0 Å². The minimum Gasteiger partial charge on any atom is -0.298 e. The van der Waals surface area contributed by atoms with Crippen molar-refractivity contribution in [3.05, 3.63) is 29.8 Å². The number of hydrogen-bond donors (Lipinski definition) is 0. The van der Waals surface area contributed by atoms with Crippen molar-refractivity contribution in [2.75, 3.05) is 18.6 Å². The largest absolute Gasteiger partial charge is 0.298 e. The molecule has 0 spiro atoms. The monoisotopic (exact) mass is 226 g/mol. The minimum absolute atomic E-state index is 0.248. The first-order valence-corrected chi connectivity index (χ1v) is 6.28. The molecule has 1 aromatic rings. The Labute approximate surface area is 93.9 Å². The van der Waals surface area contributed by atoms with Crippen molar-refractivity contribution in [2.45, 2.75) is 19.0 Å². The lowest BCUT2D eigenvalue weighted by Gasteiger charge is -2.23. The summed E-state index contributed by atoms with van der Waals surface area (Å²) in [4.78, 5) is 6.15. The molecule has 2 heterocycles. The molecule has 1 aliphatic rings. The maximum atomic E-state index is 12.9. The van der Waals surface area contributed by atoms with Gasteiger partial charge < -0.3 is 0 Å². The van der Waals surface area contributed by atoms with E-state index in [-0.39, 0.29) is 5.82 Å². The van der Waals surface area contributed by atoms with Crippen molar-refractivity contribution in [3.8, 4) is 0 Å². The first-order chi connectivity index (χ1) is 7.25. The van der Waals surface area contributed by atoms with Gasteiger partial charge in [-0.05, 0) is 30.9 Å². The van der Waals surface area contributed by atoms with Crippen molar-refractivity contribution in [1.29, 1.82) is 0 Å². The van der Waals surface area contributed by atoms with E-state index in [1.165, 1.54) is 24.1 Å². The quantitative estimate of drug-likeness (QED) is 0.785. The van der Waals surface area contributed by atoms with Gasteiger partial charge in [-0.15, -0.1) is 0 Å². The molecule has 15 heavy (non-hydrogen) atoms. The first kappa shape index (κ1) is 10.9. The van der Waals surface area contributed by atoms with Gasteiger partial charge >= 0.3 is 0 Å². The molecule has 2 rings (SSSR count). The predicted octanol–water partition coefficient (Wildman–Crippen LogP) is 2.16. The summed E-state index contributed by atoms with van der Waals surface area (Å²) in [5.41, 5.74) is 0.953. The number of rotatable bonds is 3. The normalized spacial score (nSPS) is 21.1. The average Bonchev–Trinajstić information content (AvgIpc) is 2.70. The summed E-state index contributed by atoms with van der Waals surface area (Å²) < 4.78 is 12.9. The smallest absolute Gasteiger partial charge is 0.141 e. The first-order valence-electron chi connectivity index (χ1n) is 5.13. The Hall–Kier alpha value is -0.610. The summed E-state index contributed by atoms with van der Waals surface area (Å²) in [5, 5.41) is 0. The van der Waals surface area contributed by atoms with Gasteiger partial charge in [0, 0.05) is 24.5 Å². The fourth-order valence-electron chi connectivity index (χ4n) is 1.83. The molecule has 0 aromatic carbocycles. The van der Waals surface area contributed by atoms with Crippen LogP contribution < -0.4 is 0 Å². The van der Waals surface area contributed by atoms with Crippen LogP contribution in [0, 0.1) is 5.82 Å². The number of thioether (sulfide) groups is 1. The number of pyridine rings is 1. The molecule has 0 N–H and O–H groups in total. The van der Waals surface area contributed by atoms with Crippen molar-refractivity contribution < 1.29 is 4.39 Å². The number of halogens is 1. The number of aromatic nitrogens is 1. The van der Waals surface area contributed by atoms with Crippen LogP contribution in [0.3, 0.4) is 0 Å². The molecule has 0 amide bonds. The molecule has 1 unspecified atom stereocenters. The van der Waals surface area contributed by atoms with Crippen LogP contribution in [0.5, 0.6) is 0 Å². The second-order valence-electron chi connectivity index (χ2n) is 3.94. The van der Waals surface area contributed by atoms with E-state index >= 15 is 0 Å². The highest BCUT2D eigenvalue weighted by Gasteiger charge is 2.19. The van der Waals surface area contributed by atoms with E-state index in [4.69, 9.17) is 0 Å². The lowest BCUT2D eigenvalue weighted by Crippen LogP contribution is -2.30. The summed E-state index contributed by atoms with van der Waals surface area (Å²) in [7, 11) is 2.10. The van der Waals surface area contributed by atoms with E-state index in [2.05, 4.69) is 16.9 Å². The van der Waals surface area contributed by atoms with Gasteiger partial charge in [-0.25, -0.2) is 4.39 Å². The van der Waals surface area contributed by atoms with Crippen LogP contribution in [0.25, 0.3) is 0 Å². The molecular formula is C11H15FN2S. The minimum atomic E-state index is -0.248. The predicted molar refractivity (Wildman–Crippen MR) is 61.4 cm³/mol. The molecule has 0 radical (unpaired) electrons. The van der Waals surface area contributed by atoms with Crippen LogP contribution in [-0.4, -0.2) is 34.5 Å². The van der Waals surface area contributed by atoms with Gasteiger partial charge in [0.15, 0.2) is 0 Å². The van der Waals surface area contributed by atoms with Crippen LogP contribution >= 0.6 is 11.8 Å². The van der Waals surface area contributed by atoms with Gasteiger partial charge in [-0.1, -0.05) is 0 Å². The third-order valence-electron chi connectivity index (χ3n) is 2.72. The van der Waals surface area contributed by atoms with Gasteiger partial charge in [0.05, 0.1) is 6.20 Å². The van der Waals surface area contributed by atoms with Gasteiger partial charge in [0.1, 0.15) is 5.82 Å². The molecule has 82 valence electrons. The highest BCUT2D eigenvalue weighted by atomic mass is 32.2. The molecule has 1 saturated heterocycles. The zero-order valence-electron chi connectivity index (χ0n) is 8.82. The molecular weight excluding hydrogens is 211 g/mol. The molecule has 1 aromatic heterocycles. The van der Waals surface area contributed by atoms with E-state index in [1.54, 1.807) is 12.3 Å². The molecule has 1 atom stereocenters. The molecule has 1 fully saturated rings. The number of hydrogen-bond acceptors (Lipinski definition) is 3. The Morgan fingerprint density at radius 3 is 3.13 bits per heavy atom. The van der Waals surface area contributed by atoms with Gasteiger partial charge in [-0.2, -0.15) is 11.8 Å². The Morgan fingerprint density at radius 1 is 1.60 bits per heavy atom. The standard InChI is InChI=1S/C11H15FN2S/c1-14(11-2-3-15-8-11)7-9-4-10(12)6-13-5-9/h4-6,11H,2-3,7-8H2,1H3. The van der Waals surface area contributed by atoms with Crippen molar-refractivity contribution in [3.63, 3.8) is 0 Å². The van der Waals surface area contributed by atoms with Crippen LogP contribution in [0.4, 0.5) is 4.39 Å². The molecule has 2 nitrogen and oxygen atoms in total. The lowest BCUT2D eigenvalue weighted by atomic mass is 10.2. The highest BCUT2D eigenvalue weighted by Crippen LogP contribution is 2.22. The van der Waals surface area contributed by atoms with Crippen molar-refractivity contribution in [2.24, 2.45) is 0 Å². The van der Waals surface area contributed by atoms with E-state index in [0.717, 1.165) is 12.1 Å². The van der Waals surface area contributed by atoms with Crippen LogP contribution in [0.2, 0.25) is 0 Å². The van der Waals surface area contributed by atoms with Gasteiger partial charge in [0.25, 0.3) is 0 Å². The maximum Gasteiger partial charge on any atom is 0.141 e. The van der Waals surface area contributed by atoms with Gasteiger partial charge in [0.2, 0.25) is 0 Å².